The van der Waals surface area contributed by atoms with E-state index in [4.69, 9.17) is 0 Å². The van der Waals surface area contributed by atoms with Crippen LogP contribution in [0.25, 0.3) is 11.1 Å². The molecule has 2 aromatic carbocycles. The maximum Gasteiger partial charge on any atom is 0.237 e. The highest BCUT2D eigenvalue weighted by Crippen LogP contribution is 2.35. The minimum Gasteiger partial charge on any atom is -0.347 e. The second kappa shape index (κ2) is 9.55. The lowest BCUT2D eigenvalue weighted by molar-refractivity contribution is -0.124. The minimum atomic E-state index is -3.19. The van der Waals surface area contributed by atoms with Gasteiger partial charge in [-0.3, -0.25) is 9.79 Å². The third kappa shape index (κ3) is 4.94. The van der Waals surface area contributed by atoms with Gasteiger partial charge in [0.1, 0.15) is 0 Å². The average Bonchev–Trinajstić information content (AvgIpc) is 3.44. The van der Waals surface area contributed by atoms with Gasteiger partial charge in [-0.2, -0.15) is 0 Å². The van der Waals surface area contributed by atoms with E-state index in [9.17, 15) is 13.2 Å². The van der Waals surface area contributed by atoms with E-state index in [0.717, 1.165) is 29.5 Å². The molecule has 1 amide bonds. The van der Waals surface area contributed by atoms with E-state index < -0.39 is 9.84 Å². The van der Waals surface area contributed by atoms with E-state index in [1.54, 1.807) is 32.3 Å². The molecule has 1 aliphatic carbocycles. The Labute approximate surface area is 190 Å². The van der Waals surface area contributed by atoms with Crippen LogP contribution in [-0.2, 0) is 21.1 Å². The van der Waals surface area contributed by atoms with Crippen molar-refractivity contribution in [2.75, 3.05) is 12.8 Å². The van der Waals surface area contributed by atoms with Gasteiger partial charge in [0.05, 0.1) is 22.7 Å². The van der Waals surface area contributed by atoms with Crippen LogP contribution in [0.15, 0.2) is 58.4 Å². The first-order valence-electron chi connectivity index (χ1n) is 11.3. The molecule has 2 aliphatic rings. The van der Waals surface area contributed by atoms with Crippen LogP contribution in [-0.4, -0.2) is 51.5 Å². The van der Waals surface area contributed by atoms with Crippen molar-refractivity contribution < 1.29 is 13.2 Å². The second-order valence-electron chi connectivity index (χ2n) is 8.77. The largest absolute Gasteiger partial charge is 0.347 e. The molecule has 0 radical (unpaired) electrons. The third-order valence-corrected chi connectivity index (χ3v) is 8.39. The lowest BCUT2D eigenvalue weighted by Gasteiger charge is -2.24. The van der Waals surface area contributed by atoms with Crippen LogP contribution in [0.1, 0.15) is 31.7 Å². The van der Waals surface area contributed by atoms with Gasteiger partial charge in [0.15, 0.2) is 9.84 Å². The Morgan fingerprint density at radius 2 is 1.78 bits per heavy atom. The van der Waals surface area contributed by atoms with E-state index in [0.29, 0.717) is 23.3 Å². The van der Waals surface area contributed by atoms with E-state index >= 15 is 0 Å². The highest BCUT2D eigenvalue weighted by Gasteiger charge is 2.42. The summed E-state index contributed by atoms with van der Waals surface area (Å²) in [5.41, 5.74) is 3.09. The van der Waals surface area contributed by atoms with E-state index in [-0.39, 0.29) is 23.7 Å². The maximum absolute atomic E-state index is 12.8. The van der Waals surface area contributed by atoms with E-state index in [1.165, 1.54) is 6.42 Å². The smallest absolute Gasteiger partial charge is 0.237 e. The Morgan fingerprint density at radius 3 is 2.31 bits per heavy atom. The van der Waals surface area contributed by atoms with Gasteiger partial charge in [0.2, 0.25) is 5.91 Å². The first-order chi connectivity index (χ1) is 15.4. The Kier molecular flexibility index (Phi) is 6.76. The normalized spacial score (nSPS) is 23.5. The zero-order chi connectivity index (χ0) is 22.7. The van der Waals surface area contributed by atoms with Crippen LogP contribution >= 0.6 is 0 Å². The van der Waals surface area contributed by atoms with E-state index in [1.807, 2.05) is 36.4 Å². The molecule has 0 unspecified atom stereocenters. The Hall–Kier alpha value is -2.51. The van der Waals surface area contributed by atoms with Gasteiger partial charge in [-0.05, 0) is 60.4 Å². The van der Waals surface area contributed by atoms with Gasteiger partial charge >= 0.3 is 0 Å². The number of carbonyl (C=O) groups excluding carboxylic acids is 1. The molecule has 1 heterocycles. The number of piperidine rings is 1. The van der Waals surface area contributed by atoms with Crippen molar-refractivity contribution in [1.82, 2.24) is 10.6 Å². The van der Waals surface area contributed by atoms with Gasteiger partial charge < -0.3 is 10.6 Å². The fourth-order valence-corrected chi connectivity index (χ4v) is 5.74. The monoisotopic (exact) mass is 453 g/mol. The van der Waals surface area contributed by atoms with Crippen molar-refractivity contribution in [3.05, 3.63) is 54.1 Å². The first kappa shape index (κ1) is 22.7. The van der Waals surface area contributed by atoms with Crippen LogP contribution in [0.2, 0.25) is 0 Å². The average molecular weight is 454 g/mol. The van der Waals surface area contributed by atoms with Gasteiger partial charge in [-0.25, -0.2) is 8.42 Å². The van der Waals surface area contributed by atoms with E-state index in [2.05, 4.69) is 15.6 Å². The Balaban J connectivity index is 1.40. The molecule has 2 bridgehead atoms. The number of fused-ring (bicyclic) bond motifs is 2. The number of benzene rings is 2. The molecule has 1 saturated heterocycles. The Bertz CT molecular complexity index is 1080. The zero-order valence-corrected chi connectivity index (χ0v) is 19.4. The molecule has 2 aromatic rings. The summed E-state index contributed by atoms with van der Waals surface area (Å²) in [6.45, 7) is 1.65. The van der Waals surface area contributed by atoms with Gasteiger partial charge in [-0.15, -0.1) is 0 Å². The number of hydrogen-bond donors (Lipinski definition) is 2. The summed E-state index contributed by atoms with van der Waals surface area (Å²) in [6, 6.07) is 15.4. The number of hydrogen-bond acceptors (Lipinski definition) is 5. The quantitative estimate of drug-likeness (QED) is 0.602. The first-order valence-corrected chi connectivity index (χ1v) is 13.0. The van der Waals surface area contributed by atoms with Crippen molar-refractivity contribution in [3.63, 3.8) is 0 Å². The number of nitrogens with zero attached hydrogens (tertiary/aromatic N) is 1. The van der Waals surface area contributed by atoms with Crippen molar-refractivity contribution in [2.24, 2.45) is 10.9 Å². The lowest BCUT2D eigenvalue weighted by Crippen LogP contribution is -2.51. The summed E-state index contributed by atoms with van der Waals surface area (Å²) >= 11 is 0. The van der Waals surface area contributed by atoms with Crippen molar-refractivity contribution >= 4 is 22.0 Å². The molecule has 1 saturated carbocycles. The number of rotatable bonds is 8. The number of amides is 1. The summed E-state index contributed by atoms with van der Waals surface area (Å²) in [5, 5.41) is 6.61. The molecule has 4 rings (SSSR count). The van der Waals surface area contributed by atoms with Crippen LogP contribution < -0.4 is 10.6 Å². The topological polar surface area (TPSA) is 87.6 Å². The molecule has 0 spiro atoms. The fraction of sp³-hybridized carbons (Fsp3) is 0.440. The molecule has 32 heavy (non-hydrogen) atoms. The summed E-state index contributed by atoms with van der Waals surface area (Å²) in [6.07, 6.45) is 5.88. The molecule has 2 fully saturated rings. The van der Waals surface area contributed by atoms with Crippen molar-refractivity contribution in [2.45, 2.75) is 55.6 Å². The molecule has 7 heteroatoms. The molecule has 2 N–H and O–H groups in total. The lowest BCUT2D eigenvalue weighted by atomic mass is 9.98. The zero-order valence-electron chi connectivity index (χ0n) is 18.6. The second-order valence-corrected chi connectivity index (χ2v) is 11.0. The predicted molar refractivity (Wildman–Crippen MR) is 128 cm³/mol. The summed E-state index contributed by atoms with van der Waals surface area (Å²) in [4.78, 5) is 17.3. The van der Waals surface area contributed by atoms with Crippen LogP contribution in [0.4, 0.5) is 0 Å². The molecular formula is C25H31N3O3S. The standard InChI is InChI=1S/C25H31N3O3S/c1-3-32(30,31)23-12-9-19(10-13-23)18-6-4-17(5-7-18)14-22(16-26-2)28-25(29)24-20-8-11-21(15-20)27-24/h4-7,9-10,12-13,16,20-22,24,27H,3,8,11,14-15H2,1-2H3,(H,28,29)/t20-,21+,22-,24-/m0/s1. The number of sulfone groups is 1. The van der Waals surface area contributed by atoms with Crippen LogP contribution in [0.5, 0.6) is 0 Å². The third-order valence-electron chi connectivity index (χ3n) is 6.64. The molecule has 6 nitrogen and oxygen atoms in total. The highest BCUT2D eigenvalue weighted by atomic mass is 32.2. The molecular weight excluding hydrogens is 422 g/mol. The van der Waals surface area contributed by atoms with Crippen molar-refractivity contribution in [1.29, 1.82) is 0 Å². The van der Waals surface area contributed by atoms with Crippen LogP contribution in [0.3, 0.4) is 0 Å². The van der Waals surface area contributed by atoms with Gasteiger partial charge in [-0.1, -0.05) is 43.3 Å². The number of nitrogens with one attached hydrogen (secondary N) is 2. The number of carbonyl (C=O) groups is 1. The summed E-state index contributed by atoms with van der Waals surface area (Å²) in [5.74, 6) is 0.621. The summed E-state index contributed by atoms with van der Waals surface area (Å²) < 4.78 is 24.0. The highest BCUT2D eigenvalue weighted by molar-refractivity contribution is 7.91. The molecule has 4 atom stereocenters. The molecule has 170 valence electrons. The van der Waals surface area contributed by atoms with Crippen LogP contribution in [0, 0.1) is 5.92 Å². The predicted octanol–water partition coefficient (Wildman–Crippen LogP) is 3.02. The minimum absolute atomic E-state index is 0.0702. The van der Waals surface area contributed by atoms with Gasteiger partial charge in [0.25, 0.3) is 0 Å². The SMILES string of the molecule is CCS(=O)(=O)c1ccc(-c2ccc(C[C@@H](C=NC)NC(=O)[C@H]3N[C@@H]4CC[C@H]3C4)cc2)cc1. The molecule has 0 aromatic heterocycles. The molecule has 1 aliphatic heterocycles. The fourth-order valence-electron chi connectivity index (χ4n) is 4.85. The Morgan fingerprint density at radius 1 is 1.12 bits per heavy atom. The summed E-state index contributed by atoms with van der Waals surface area (Å²) in [7, 11) is -1.47. The number of aliphatic imine (C=N–C) groups is 1. The van der Waals surface area contributed by atoms with Crippen molar-refractivity contribution in [3.8, 4) is 11.1 Å². The van der Waals surface area contributed by atoms with Gasteiger partial charge in [0, 0.05) is 19.3 Å². The maximum atomic E-state index is 12.8.